The Morgan fingerprint density at radius 3 is 2.62 bits per heavy atom. The highest BCUT2D eigenvalue weighted by molar-refractivity contribution is 9.10. The minimum Gasteiger partial charge on any atom is -0.456 e. The average molecular weight is 425 g/mol. The number of nitro groups is 1. The van der Waals surface area contributed by atoms with Crippen LogP contribution < -0.4 is 5.32 Å². The summed E-state index contributed by atoms with van der Waals surface area (Å²) >= 11 is 3.04. The van der Waals surface area contributed by atoms with Crippen LogP contribution in [0.25, 0.3) is 0 Å². The molecule has 10 heteroatoms. The van der Waals surface area contributed by atoms with Crippen LogP contribution in [-0.2, 0) is 9.53 Å². The number of halogens is 1. The molecule has 0 radical (unpaired) electrons. The van der Waals surface area contributed by atoms with E-state index < -0.39 is 35.7 Å². The van der Waals surface area contributed by atoms with E-state index in [4.69, 9.17) is 9.15 Å². The van der Waals surface area contributed by atoms with Crippen LogP contribution in [0.3, 0.4) is 0 Å². The molecule has 0 saturated carbocycles. The number of nitro benzene ring substituents is 1. The summed E-state index contributed by atoms with van der Waals surface area (Å²) in [6, 6.07) is 6.91. The summed E-state index contributed by atoms with van der Waals surface area (Å²) in [7, 11) is 0. The number of hydrogen-bond donors (Lipinski definition) is 1. The second-order valence-corrected chi connectivity index (χ2v) is 5.91. The normalized spacial score (nSPS) is 10.2. The van der Waals surface area contributed by atoms with Crippen molar-refractivity contribution < 1.29 is 28.5 Å². The standard InChI is InChI=1S/C16H13BrN2O7/c1-9-2-3-10(6-11(9)19(23)24)12(20)8-25-15(21)7-18-16(22)13-4-5-14(17)26-13/h2-6H,7-8H2,1H3,(H,18,22). The Kier molecular flexibility index (Phi) is 6.23. The maximum atomic E-state index is 12.0. The molecule has 136 valence electrons. The van der Waals surface area contributed by atoms with Crippen LogP contribution in [0.15, 0.2) is 39.4 Å². The van der Waals surface area contributed by atoms with E-state index >= 15 is 0 Å². The number of carbonyl (C=O) groups is 3. The lowest BCUT2D eigenvalue weighted by Crippen LogP contribution is -2.31. The zero-order valence-electron chi connectivity index (χ0n) is 13.5. The molecule has 2 aromatic rings. The molecular weight excluding hydrogens is 412 g/mol. The van der Waals surface area contributed by atoms with Gasteiger partial charge in [0, 0.05) is 17.2 Å². The molecule has 0 spiro atoms. The molecule has 0 aliphatic rings. The van der Waals surface area contributed by atoms with E-state index in [2.05, 4.69) is 21.2 Å². The molecule has 26 heavy (non-hydrogen) atoms. The number of Topliss-reactive ketones (excluding diaryl/α,β-unsaturated/α-hetero) is 1. The van der Waals surface area contributed by atoms with E-state index in [1.165, 1.54) is 24.3 Å². The summed E-state index contributed by atoms with van der Waals surface area (Å²) < 4.78 is 10.1. The van der Waals surface area contributed by atoms with E-state index in [1.54, 1.807) is 6.92 Å². The maximum absolute atomic E-state index is 12.0. The first-order valence-electron chi connectivity index (χ1n) is 7.25. The Morgan fingerprint density at radius 1 is 1.27 bits per heavy atom. The second-order valence-electron chi connectivity index (χ2n) is 5.13. The molecule has 0 unspecified atom stereocenters. The zero-order chi connectivity index (χ0) is 19.3. The molecule has 1 N–H and O–H groups in total. The van der Waals surface area contributed by atoms with Gasteiger partial charge in [-0.15, -0.1) is 0 Å². The number of rotatable bonds is 7. The predicted octanol–water partition coefficient (Wildman–Crippen LogP) is 2.41. The molecule has 0 saturated heterocycles. The van der Waals surface area contributed by atoms with Gasteiger partial charge >= 0.3 is 5.97 Å². The highest BCUT2D eigenvalue weighted by Crippen LogP contribution is 2.19. The Hall–Kier alpha value is -3.01. The van der Waals surface area contributed by atoms with Crippen LogP contribution in [0.5, 0.6) is 0 Å². The van der Waals surface area contributed by atoms with Gasteiger partial charge in [-0.25, -0.2) is 0 Å². The predicted molar refractivity (Wildman–Crippen MR) is 91.9 cm³/mol. The largest absolute Gasteiger partial charge is 0.456 e. The Bertz CT molecular complexity index is 875. The van der Waals surface area contributed by atoms with Gasteiger partial charge in [0.25, 0.3) is 11.6 Å². The number of nitrogens with one attached hydrogen (secondary N) is 1. The van der Waals surface area contributed by atoms with Gasteiger partial charge in [-0.3, -0.25) is 24.5 Å². The average Bonchev–Trinajstić information content (AvgIpc) is 3.04. The van der Waals surface area contributed by atoms with Crippen molar-refractivity contribution in [3.8, 4) is 0 Å². The summed E-state index contributed by atoms with van der Waals surface area (Å²) in [6.45, 7) is 0.492. The number of nitrogens with zero attached hydrogens (tertiary/aromatic N) is 1. The molecule has 1 amide bonds. The number of aryl methyl sites for hydroxylation is 1. The van der Waals surface area contributed by atoms with Crippen LogP contribution in [0, 0.1) is 17.0 Å². The lowest BCUT2D eigenvalue weighted by Gasteiger charge is -2.06. The first-order chi connectivity index (χ1) is 12.3. The fraction of sp³-hybridized carbons (Fsp3) is 0.188. The van der Waals surface area contributed by atoms with Crippen molar-refractivity contribution in [1.82, 2.24) is 5.32 Å². The zero-order valence-corrected chi connectivity index (χ0v) is 15.1. The van der Waals surface area contributed by atoms with Gasteiger partial charge in [-0.1, -0.05) is 12.1 Å². The third kappa shape index (κ3) is 4.99. The summed E-state index contributed by atoms with van der Waals surface area (Å²) in [6.07, 6.45) is 0. The number of esters is 1. The molecule has 1 aromatic heterocycles. The summed E-state index contributed by atoms with van der Waals surface area (Å²) in [5.41, 5.74) is 0.273. The fourth-order valence-electron chi connectivity index (χ4n) is 1.94. The lowest BCUT2D eigenvalue weighted by molar-refractivity contribution is -0.385. The van der Waals surface area contributed by atoms with Crippen LogP contribution in [0.2, 0.25) is 0 Å². The topological polar surface area (TPSA) is 129 Å². The molecule has 0 atom stereocenters. The van der Waals surface area contributed by atoms with Crippen molar-refractivity contribution >= 4 is 39.3 Å². The van der Waals surface area contributed by atoms with Crippen molar-refractivity contribution in [1.29, 1.82) is 0 Å². The van der Waals surface area contributed by atoms with Gasteiger partial charge in [0.1, 0.15) is 6.54 Å². The Balaban J connectivity index is 1.85. The number of hydrogen-bond acceptors (Lipinski definition) is 7. The molecule has 0 bridgehead atoms. The van der Waals surface area contributed by atoms with Crippen molar-refractivity contribution in [3.05, 3.63) is 62.0 Å². The monoisotopic (exact) mass is 424 g/mol. The summed E-state index contributed by atoms with van der Waals surface area (Å²) in [4.78, 5) is 45.6. The summed E-state index contributed by atoms with van der Waals surface area (Å²) in [5, 5.41) is 13.2. The van der Waals surface area contributed by atoms with Crippen molar-refractivity contribution in [2.24, 2.45) is 0 Å². The minimum absolute atomic E-state index is 0.00714. The molecule has 1 heterocycles. The van der Waals surface area contributed by atoms with Gasteiger partial charge in [-0.05, 0) is 35.0 Å². The molecule has 0 aliphatic carbocycles. The van der Waals surface area contributed by atoms with E-state index in [0.29, 0.717) is 10.2 Å². The van der Waals surface area contributed by atoms with Crippen LogP contribution in [0.1, 0.15) is 26.5 Å². The van der Waals surface area contributed by atoms with Crippen LogP contribution in [0.4, 0.5) is 5.69 Å². The van der Waals surface area contributed by atoms with Crippen molar-refractivity contribution in [3.63, 3.8) is 0 Å². The maximum Gasteiger partial charge on any atom is 0.325 e. The quantitative estimate of drug-likeness (QED) is 0.312. The van der Waals surface area contributed by atoms with E-state index in [9.17, 15) is 24.5 Å². The third-order valence-corrected chi connectivity index (χ3v) is 3.71. The van der Waals surface area contributed by atoms with E-state index in [0.717, 1.165) is 6.07 Å². The number of furan rings is 1. The number of carbonyl (C=O) groups excluding carboxylic acids is 3. The first kappa shape index (κ1) is 19.3. The number of benzene rings is 1. The van der Waals surface area contributed by atoms with Gasteiger partial charge < -0.3 is 14.5 Å². The Morgan fingerprint density at radius 2 is 2.00 bits per heavy atom. The SMILES string of the molecule is Cc1ccc(C(=O)COC(=O)CNC(=O)c2ccc(Br)o2)cc1[N+](=O)[O-]. The van der Waals surface area contributed by atoms with Crippen LogP contribution >= 0.6 is 15.9 Å². The molecule has 0 fully saturated rings. The van der Waals surface area contributed by atoms with Gasteiger partial charge in [0.15, 0.2) is 17.0 Å². The summed E-state index contributed by atoms with van der Waals surface area (Å²) in [5.74, 6) is -2.04. The third-order valence-electron chi connectivity index (χ3n) is 3.28. The van der Waals surface area contributed by atoms with Crippen molar-refractivity contribution in [2.75, 3.05) is 13.2 Å². The Labute approximate surface area is 155 Å². The number of amides is 1. The second kappa shape index (κ2) is 8.39. The van der Waals surface area contributed by atoms with Crippen molar-refractivity contribution in [2.45, 2.75) is 6.92 Å². The first-order valence-corrected chi connectivity index (χ1v) is 8.04. The molecule has 2 rings (SSSR count). The van der Waals surface area contributed by atoms with Gasteiger partial charge in [0.2, 0.25) is 5.78 Å². The highest BCUT2D eigenvalue weighted by atomic mass is 79.9. The highest BCUT2D eigenvalue weighted by Gasteiger charge is 2.17. The van der Waals surface area contributed by atoms with Gasteiger partial charge in [0.05, 0.1) is 4.92 Å². The smallest absolute Gasteiger partial charge is 0.325 e. The fourth-order valence-corrected chi connectivity index (χ4v) is 2.24. The number of ketones is 1. The molecule has 0 aliphatic heterocycles. The van der Waals surface area contributed by atoms with E-state index in [1.807, 2.05) is 0 Å². The van der Waals surface area contributed by atoms with Crippen LogP contribution in [-0.4, -0.2) is 35.7 Å². The number of ether oxygens (including phenoxy) is 1. The van der Waals surface area contributed by atoms with Gasteiger partial charge in [-0.2, -0.15) is 0 Å². The van der Waals surface area contributed by atoms with E-state index in [-0.39, 0.29) is 17.0 Å². The molecule has 1 aromatic carbocycles. The molecular formula is C16H13BrN2O7. The molecule has 9 nitrogen and oxygen atoms in total. The lowest BCUT2D eigenvalue weighted by atomic mass is 10.1. The minimum atomic E-state index is -0.834.